The standard InChI is InChI=1S/C15H22ClN3O2/c16-14-4-1-3-13(11-14)12-18-15(20)17-5-2-6-19-7-9-21-10-8-19/h1,3-4,11H,2,5-10,12H2,(H2,17,18,20). The minimum atomic E-state index is -0.142. The van der Waals surface area contributed by atoms with Crippen molar-refractivity contribution in [3.05, 3.63) is 34.9 Å². The average molecular weight is 312 g/mol. The van der Waals surface area contributed by atoms with Crippen molar-refractivity contribution in [1.82, 2.24) is 15.5 Å². The zero-order valence-corrected chi connectivity index (χ0v) is 12.9. The molecule has 1 fully saturated rings. The van der Waals surface area contributed by atoms with E-state index < -0.39 is 0 Å². The van der Waals surface area contributed by atoms with E-state index in [1.165, 1.54) is 0 Å². The van der Waals surface area contributed by atoms with Crippen molar-refractivity contribution < 1.29 is 9.53 Å². The van der Waals surface area contributed by atoms with Crippen LogP contribution in [0.5, 0.6) is 0 Å². The molecule has 0 bridgehead atoms. The smallest absolute Gasteiger partial charge is 0.315 e. The SMILES string of the molecule is O=C(NCCCN1CCOCC1)NCc1cccc(Cl)c1. The highest BCUT2D eigenvalue weighted by Gasteiger charge is 2.09. The van der Waals surface area contributed by atoms with E-state index in [4.69, 9.17) is 16.3 Å². The molecular formula is C15H22ClN3O2. The zero-order valence-electron chi connectivity index (χ0n) is 12.1. The fourth-order valence-electron chi connectivity index (χ4n) is 2.22. The summed E-state index contributed by atoms with van der Waals surface area (Å²) in [5.74, 6) is 0. The van der Waals surface area contributed by atoms with Gasteiger partial charge in [-0.05, 0) is 30.7 Å². The molecule has 1 aromatic carbocycles. The van der Waals surface area contributed by atoms with E-state index in [1.54, 1.807) is 0 Å². The predicted molar refractivity (Wildman–Crippen MR) is 83.6 cm³/mol. The van der Waals surface area contributed by atoms with Crippen molar-refractivity contribution in [2.24, 2.45) is 0 Å². The Labute approximate surface area is 130 Å². The number of carbonyl (C=O) groups is 1. The molecule has 0 unspecified atom stereocenters. The first kappa shape index (κ1) is 16.1. The average Bonchev–Trinajstić information content (AvgIpc) is 2.51. The van der Waals surface area contributed by atoms with Gasteiger partial charge < -0.3 is 15.4 Å². The molecule has 2 rings (SSSR count). The largest absolute Gasteiger partial charge is 0.379 e. The molecule has 1 aliphatic heterocycles. The lowest BCUT2D eigenvalue weighted by Gasteiger charge is -2.26. The molecule has 21 heavy (non-hydrogen) atoms. The van der Waals surface area contributed by atoms with Gasteiger partial charge in [-0.15, -0.1) is 0 Å². The van der Waals surface area contributed by atoms with Gasteiger partial charge in [0.15, 0.2) is 0 Å². The van der Waals surface area contributed by atoms with Crippen LogP contribution >= 0.6 is 11.6 Å². The van der Waals surface area contributed by atoms with Gasteiger partial charge in [0.2, 0.25) is 0 Å². The summed E-state index contributed by atoms with van der Waals surface area (Å²) in [7, 11) is 0. The highest BCUT2D eigenvalue weighted by Crippen LogP contribution is 2.10. The highest BCUT2D eigenvalue weighted by atomic mass is 35.5. The summed E-state index contributed by atoms with van der Waals surface area (Å²) >= 11 is 5.89. The number of benzene rings is 1. The van der Waals surface area contributed by atoms with E-state index in [0.717, 1.165) is 44.8 Å². The number of halogens is 1. The number of hydrogen-bond acceptors (Lipinski definition) is 3. The van der Waals surface area contributed by atoms with Crippen molar-refractivity contribution in [2.75, 3.05) is 39.4 Å². The van der Waals surface area contributed by atoms with E-state index in [9.17, 15) is 4.79 Å². The third-order valence-corrected chi connectivity index (χ3v) is 3.62. The van der Waals surface area contributed by atoms with Gasteiger partial charge in [0, 0.05) is 31.2 Å². The van der Waals surface area contributed by atoms with Gasteiger partial charge in [0.1, 0.15) is 0 Å². The predicted octanol–water partition coefficient (Wildman–Crippen LogP) is 1.86. The molecule has 0 radical (unpaired) electrons. The quantitative estimate of drug-likeness (QED) is 0.789. The summed E-state index contributed by atoms with van der Waals surface area (Å²) < 4.78 is 5.30. The Morgan fingerprint density at radius 2 is 2.10 bits per heavy atom. The second kappa shape index (κ2) is 8.87. The fraction of sp³-hybridized carbons (Fsp3) is 0.533. The Balaban J connectivity index is 1.55. The molecule has 1 heterocycles. The maximum atomic E-state index is 11.7. The summed E-state index contributed by atoms with van der Waals surface area (Å²) in [6, 6.07) is 7.33. The van der Waals surface area contributed by atoms with Crippen LogP contribution in [0.25, 0.3) is 0 Å². The topological polar surface area (TPSA) is 53.6 Å². The van der Waals surface area contributed by atoms with Crippen molar-refractivity contribution in [1.29, 1.82) is 0 Å². The second-order valence-electron chi connectivity index (χ2n) is 5.05. The minimum absolute atomic E-state index is 0.142. The van der Waals surface area contributed by atoms with Crippen LogP contribution in [0.1, 0.15) is 12.0 Å². The minimum Gasteiger partial charge on any atom is -0.379 e. The first-order chi connectivity index (χ1) is 10.2. The van der Waals surface area contributed by atoms with Crippen LogP contribution in [-0.2, 0) is 11.3 Å². The van der Waals surface area contributed by atoms with E-state index in [2.05, 4.69) is 15.5 Å². The summed E-state index contributed by atoms with van der Waals surface area (Å²) in [5.41, 5.74) is 0.992. The number of amides is 2. The molecule has 116 valence electrons. The number of ether oxygens (including phenoxy) is 1. The summed E-state index contributed by atoms with van der Waals surface area (Å²) in [6.07, 6.45) is 0.949. The number of rotatable bonds is 6. The van der Waals surface area contributed by atoms with Crippen LogP contribution in [0.3, 0.4) is 0 Å². The molecule has 0 spiro atoms. The lowest BCUT2D eigenvalue weighted by Crippen LogP contribution is -2.39. The van der Waals surface area contributed by atoms with Crippen LogP contribution in [0.4, 0.5) is 4.79 Å². The van der Waals surface area contributed by atoms with Gasteiger partial charge >= 0.3 is 6.03 Å². The Bertz CT molecular complexity index is 450. The van der Waals surface area contributed by atoms with E-state index in [1.807, 2.05) is 24.3 Å². The molecule has 6 heteroatoms. The van der Waals surface area contributed by atoms with Crippen molar-refractivity contribution >= 4 is 17.6 Å². The van der Waals surface area contributed by atoms with Gasteiger partial charge in [-0.3, -0.25) is 4.90 Å². The van der Waals surface area contributed by atoms with Crippen molar-refractivity contribution in [3.63, 3.8) is 0 Å². The number of hydrogen-bond donors (Lipinski definition) is 2. The number of urea groups is 1. The molecule has 5 nitrogen and oxygen atoms in total. The van der Waals surface area contributed by atoms with Crippen LogP contribution in [0.15, 0.2) is 24.3 Å². The van der Waals surface area contributed by atoms with Gasteiger partial charge in [0.25, 0.3) is 0 Å². The van der Waals surface area contributed by atoms with E-state index >= 15 is 0 Å². The van der Waals surface area contributed by atoms with Crippen LogP contribution in [-0.4, -0.2) is 50.3 Å². The van der Waals surface area contributed by atoms with Crippen molar-refractivity contribution in [2.45, 2.75) is 13.0 Å². The monoisotopic (exact) mass is 311 g/mol. The first-order valence-electron chi connectivity index (χ1n) is 7.30. The van der Waals surface area contributed by atoms with Gasteiger partial charge in [-0.1, -0.05) is 23.7 Å². The molecule has 2 N–H and O–H groups in total. The lowest BCUT2D eigenvalue weighted by molar-refractivity contribution is 0.0375. The number of nitrogens with zero attached hydrogens (tertiary/aromatic N) is 1. The van der Waals surface area contributed by atoms with Gasteiger partial charge in [0.05, 0.1) is 13.2 Å². The Morgan fingerprint density at radius 1 is 1.29 bits per heavy atom. The van der Waals surface area contributed by atoms with E-state index in [0.29, 0.717) is 18.1 Å². The highest BCUT2D eigenvalue weighted by molar-refractivity contribution is 6.30. The third-order valence-electron chi connectivity index (χ3n) is 3.38. The Kier molecular flexibility index (Phi) is 6.79. The van der Waals surface area contributed by atoms with Gasteiger partial charge in [-0.2, -0.15) is 0 Å². The van der Waals surface area contributed by atoms with Crippen LogP contribution < -0.4 is 10.6 Å². The summed E-state index contributed by atoms with van der Waals surface area (Å²) in [5, 5.41) is 6.37. The van der Waals surface area contributed by atoms with Gasteiger partial charge in [-0.25, -0.2) is 4.79 Å². The Morgan fingerprint density at radius 3 is 2.86 bits per heavy atom. The number of nitrogens with one attached hydrogen (secondary N) is 2. The third kappa shape index (κ3) is 6.33. The number of morpholine rings is 1. The molecule has 0 atom stereocenters. The maximum absolute atomic E-state index is 11.7. The molecule has 1 aliphatic rings. The zero-order chi connectivity index (χ0) is 14.9. The fourth-order valence-corrected chi connectivity index (χ4v) is 2.43. The Hall–Kier alpha value is -1.30. The summed E-state index contributed by atoms with van der Waals surface area (Å²) in [6.45, 7) is 5.76. The molecular weight excluding hydrogens is 290 g/mol. The number of carbonyl (C=O) groups excluding carboxylic acids is 1. The van der Waals surface area contributed by atoms with E-state index in [-0.39, 0.29) is 6.03 Å². The first-order valence-corrected chi connectivity index (χ1v) is 7.68. The maximum Gasteiger partial charge on any atom is 0.315 e. The normalized spacial score (nSPS) is 15.7. The van der Waals surface area contributed by atoms with Crippen LogP contribution in [0.2, 0.25) is 5.02 Å². The molecule has 0 aromatic heterocycles. The molecule has 2 amide bonds. The second-order valence-corrected chi connectivity index (χ2v) is 5.48. The molecule has 0 saturated carbocycles. The van der Waals surface area contributed by atoms with Crippen LogP contribution in [0, 0.1) is 0 Å². The molecule has 1 saturated heterocycles. The summed E-state index contributed by atoms with van der Waals surface area (Å²) in [4.78, 5) is 14.0. The molecule has 0 aliphatic carbocycles. The molecule has 1 aromatic rings. The lowest BCUT2D eigenvalue weighted by atomic mass is 10.2. The van der Waals surface area contributed by atoms with Crippen molar-refractivity contribution in [3.8, 4) is 0 Å².